The number of benzene rings is 2. The maximum absolute atomic E-state index is 14.1. The molecule has 0 aromatic heterocycles. The van der Waals surface area contributed by atoms with Crippen molar-refractivity contribution in [3.8, 4) is 0 Å². The molecule has 2 aromatic rings. The number of Topliss-reactive ketones (excluding diaryl/α,β-unsaturated/α-hetero) is 1. The summed E-state index contributed by atoms with van der Waals surface area (Å²) in [4.78, 5) is 14.1. The first-order chi connectivity index (χ1) is 14.7. The summed E-state index contributed by atoms with van der Waals surface area (Å²) in [6.07, 6.45) is -1.38. The lowest BCUT2D eigenvalue weighted by Crippen LogP contribution is -2.39. The van der Waals surface area contributed by atoms with E-state index in [9.17, 15) is 4.79 Å². The zero-order valence-corrected chi connectivity index (χ0v) is 18.5. The Bertz CT molecular complexity index is 645. The minimum atomic E-state index is -0.690. The summed E-state index contributed by atoms with van der Waals surface area (Å²) in [7, 11) is 0. The van der Waals surface area contributed by atoms with Crippen molar-refractivity contribution in [1.82, 2.24) is 0 Å². The van der Waals surface area contributed by atoms with Gasteiger partial charge in [-0.15, -0.1) is 0 Å². The minimum Gasteiger partial charge on any atom is -0.352 e. The molecule has 0 aliphatic rings. The Morgan fingerprint density at radius 3 is 1.17 bits per heavy atom. The van der Waals surface area contributed by atoms with Crippen molar-refractivity contribution in [3.05, 3.63) is 71.8 Å². The first kappa shape index (κ1) is 24.2. The third-order valence-corrected chi connectivity index (χ3v) is 4.80. The summed E-state index contributed by atoms with van der Waals surface area (Å²) in [6.45, 7) is 9.37. The van der Waals surface area contributed by atoms with Gasteiger partial charge >= 0.3 is 0 Å². The summed E-state index contributed by atoms with van der Waals surface area (Å²) in [6, 6.07) is 19.3. The number of hydrogen-bond donors (Lipinski definition) is 0. The molecule has 5 heteroatoms. The van der Waals surface area contributed by atoms with E-state index in [1.165, 1.54) is 0 Å². The first-order valence-corrected chi connectivity index (χ1v) is 10.8. The monoisotopic (exact) mass is 414 g/mol. The summed E-state index contributed by atoms with van der Waals surface area (Å²) in [5.41, 5.74) is 1.70. The second kappa shape index (κ2) is 13.3. The smallest absolute Gasteiger partial charge is 0.171 e. The van der Waals surface area contributed by atoms with Crippen molar-refractivity contribution in [3.63, 3.8) is 0 Å². The van der Waals surface area contributed by atoms with Gasteiger partial charge in [-0.2, -0.15) is 0 Å². The highest BCUT2D eigenvalue weighted by Crippen LogP contribution is 2.34. The second-order valence-corrected chi connectivity index (χ2v) is 6.74. The van der Waals surface area contributed by atoms with Crippen LogP contribution in [0.1, 0.15) is 50.7 Å². The van der Waals surface area contributed by atoms with Crippen LogP contribution in [0.2, 0.25) is 0 Å². The molecule has 0 aliphatic carbocycles. The summed E-state index contributed by atoms with van der Waals surface area (Å²) in [5.74, 6) is -1.27. The van der Waals surface area contributed by atoms with Crippen molar-refractivity contribution in [2.24, 2.45) is 0 Å². The van der Waals surface area contributed by atoms with Gasteiger partial charge in [-0.3, -0.25) is 4.79 Å². The van der Waals surface area contributed by atoms with Crippen LogP contribution in [0.5, 0.6) is 0 Å². The number of ketones is 1. The Balaban J connectivity index is 2.55. The molecule has 0 amide bonds. The van der Waals surface area contributed by atoms with Crippen LogP contribution in [0.3, 0.4) is 0 Å². The summed E-state index contributed by atoms with van der Waals surface area (Å²) < 4.78 is 23.5. The molecular weight excluding hydrogens is 380 g/mol. The van der Waals surface area contributed by atoms with Gasteiger partial charge < -0.3 is 18.9 Å². The molecule has 164 valence electrons. The van der Waals surface area contributed by atoms with Gasteiger partial charge in [0.25, 0.3) is 0 Å². The van der Waals surface area contributed by atoms with E-state index in [0.29, 0.717) is 26.4 Å². The quantitative estimate of drug-likeness (QED) is 0.411. The van der Waals surface area contributed by atoms with Gasteiger partial charge in [-0.05, 0) is 38.8 Å². The van der Waals surface area contributed by atoms with Gasteiger partial charge in [0.05, 0.1) is 11.8 Å². The van der Waals surface area contributed by atoms with E-state index < -0.39 is 24.4 Å². The van der Waals surface area contributed by atoms with Crippen molar-refractivity contribution in [2.45, 2.75) is 52.1 Å². The zero-order chi connectivity index (χ0) is 21.8. The van der Waals surface area contributed by atoms with Crippen LogP contribution < -0.4 is 0 Å². The molecule has 0 saturated heterocycles. The molecule has 30 heavy (non-hydrogen) atoms. The van der Waals surface area contributed by atoms with Gasteiger partial charge in [0.1, 0.15) is 0 Å². The SMILES string of the molecule is CCOC(OCC)C(C(=O)C(c1ccccc1)C(OCC)OCC)c1ccccc1. The average molecular weight is 415 g/mol. The summed E-state index contributed by atoms with van der Waals surface area (Å²) >= 11 is 0. The van der Waals surface area contributed by atoms with Gasteiger partial charge in [0, 0.05) is 26.4 Å². The van der Waals surface area contributed by atoms with Crippen molar-refractivity contribution >= 4 is 5.78 Å². The zero-order valence-electron chi connectivity index (χ0n) is 18.5. The van der Waals surface area contributed by atoms with E-state index in [1.807, 2.05) is 88.4 Å². The maximum atomic E-state index is 14.1. The number of carbonyl (C=O) groups excluding carboxylic acids is 1. The highest BCUT2D eigenvalue weighted by atomic mass is 16.7. The summed E-state index contributed by atoms with van der Waals surface area (Å²) in [5, 5.41) is 0. The molecule has 2 atom stereocenters. The molecule has 2 aromatic carbocycles. The van der Waals surface area contributed by atoms with Crippen molar-refractivity contribution in [1.29, 1.82) is 0 Å². The van der Waals surface area contributed by atoms with Crippen LogP contribution >= 0.6 is 0 Å². The third-order valence-electron chi connectivity index (χ3n) is 4.80. The molecule has 0 fully saturated rings. The number of rotatable bonds is 14. The van der Waals surface area contributed by atoms with Gasteiger partial charge in [-0.25, -0.2) is 0 Å². The molecular formula is C25H34O5. The normalized spacial score (nSPS) is 13.5. The van der Waals surface area contributed by atoms with E-state index in [0.717, 1.165) is 11.1 Å². The lowest BCUT2D eigenvalue weighted by Gasteiger charge is -2.32. The number of hydrogen-bond acceptors (Lipinski definition) is 5. The molecule has 2 unspecified atom stereocenters. The number of carbonyl (C=O) groups is 1. The molecule has 0 spiro atoms. The van der Waals surface area contributed by atoms with Gasteiger partial charge in [-0.1, -0.05) is 60.7 Å². The molecule has 0 N–H and O–H groups in total. The van der Waals surface area contributed by atoms with Gasteiger partial charge in [0.2, 0.25) is 0 Å². The van der Waals surface area contributed by atoms with E-state index in [2.05, 4.69) is 0 Å². The molecule has 2 rings (SSSR count). The maximum Gasteiger partial charge on any atom is 0.171 e. The highest BCUT2D eigenvalue weighted by molar-refractivity contribution is 5.92. The van der Waals surface area contributed by atoms with Crippen LogP contribution in [0, 0.1) is 0 Å². The Hall–Kier alpha value is -2.05. The van der Waals surface area contributed by atoms with E-state index in [-0.39, 0.29) is 5.78 Å². The van der Waals surface area contributed by atoms with Crippen LogP contribution in [0.15, 0.2) is 60.7 Å². The lowest BCUT2D eigenvalue weighted by atomic mass is 9.82. The standard InChI is InChI=1S/C25H34O5/c1-5-27-24(28-6-2)21(19-15-11-9-12-16-19)23(26)22(20-17-13-10-14-18-20)25(29-7-3)30-8-4/h9-18,21-22,24-25H,5-8H2,1-4H3. The van der Waals surface area contributed by atoms with Crippen LogP contribution in [-0.2, 0) is 23.7 Å². The largest absolute Gasteiger partial charge is 0.352 e. The van der Waals surface area contributed by atoms with Crippen molar-refractivity contribution in [2.75, 3.05) is 26.4 Å². The fourth-order valence-corrected chi connectivity index (χ4v) is 3.56. The molecule has 0 aliphatic heterocycles. The Morgan fingerprint density at radius 2 is 0.900 bits per heavy atom. The number of ether oxygens (including phenoxy) is 4. The highest BCUT2D eigenvalue weighted by Gasteiger charge is 2.40. The fourth-order valence-electron chi connectivity index (χ4n) is 3.56. The van der Waals surface area contributed by atoms with Gasteiger partial charge in [0.15, 0.2) is 18.4 Å². The Labute approximate surface area is 180 Å². The van der Waals surface area contributed by atoms with Crippen molar-refractivity contribution < 1.29 is 23.7 Å². The first-order valence-electron chi connectivity index (χ1n) is 10.8. The third kappa shape index (κ3) is 6.47. The minimum absolute atomic E-state index is 0.0498. The molecule has 0 radical (unpaired) electrons. The van der Waals surface area contributed by atoms with E-state index in [1.54, 1.807) is 0 Å². The fraction of sp³-hybridized carbons (Fsp3) is 0.480. The molecule has 0 saturated carbocycles. The molecule has 0 bridgehead atoms. The van der Waals surface area contributed by atoms with Crippen LogP contribution in [0.4, 0.5) is 0 Å². The predicted molar refractivity (Wildman–Crippen MR) is 117 cm³/mol. The predicted octanol–water partition coefficient (Wildman–Crippen LogP) is 4.92. The van der Waals surface area contributed by atoms with Crippen LogP contribution in [0.25, 0.3) is 0 Å². The van der Waals surface area contributed by atoms with E-state index in [4.69, 9.17) is 18.9 Å². The average Bonchev–Trinajstić information content (AvgIpc) is 2.76. The second-order valence-electron chi connectivity index (χ2n) is 6.74. The Kier molecular flexibility index (Phi) is 10.7. The molecule has 5 nitrogen and oxygen atoms in total. The topological polar surface area (TPSA) is 54.0 Å². The lowest BCUT2D eigenvalue weighted by molar-refractivity contribution is -0.177. The molecule has 0 heterocycles. The van der Waals surface area contributed by atoms with E-state index >= 15 is 0 Å². The Morgan fingerprint density at radius 1 is 0.600 bits per heavy atom. The van der Waals surface area contributed by atoms with Crippen LogP contribution in [-0.4, -0.2) is 44.8 Å².